The highest BCUT2D eigenvalue weighted by Gasteiger charge is 2.33. The maximum absolute atomic E-state index is 4.56. The minimum atomic E-state index is 0.214. The molecule has 0 bridgehead atoms. The highest BCUT2D eigenvalue weighted by Crippen LogP contribution is 2.36. The molecule has 1 aromatic heterocycles. The van der Waals surface area contributed by atoms with Gasteiger partial charge in [-0.3, -0.25) is 9.88 Å². The first-order valence-corrected chi connectivity index (χ1v) is 6.45. The van der Waals surface area contributed by atoms with Crippen molar-refractivity contribution >= 4 is 0 Å². The highest BCUT2D eigenvalue weighted by molar-refractivity contribution is 5.12. The lowest BCUT2D eigenvalue weighted by Crippen LogP contribution is -2.48. The Labute approximate surface area is 104 Å². The van der Waals surface area contributed by atoms with Gasteiger partial charge in [0, 0.05) is 32.4 Å². The van der Waals surface area contributed by atoms with Gasteiger partial charge in [0.2, 0.25) is 0 Å². The molecule has 1 atom stereocenters. The standard InChI is InChI=1S/C14H23N3/c1-14(2,3)13(12-6-4-5-7-16-12)17-10-8-15-9-11-17/h4-7,13,15H,8-11H2,1-3H3/t13-/m0/s1. The zero-order chi connectivity index (χ0) is 12.3. The molecular formula is C14H23N3. The summed E-state index contributed by atoms with van der Waals surface area (Å²) in [5, 5.41) is 3.41. The number of aromatic nitrogens is 1. The van der Waals surface area contributed by atoms with Gasteiger partial charge in [-0.15, -0.1) is 0 Å². The SMILES string of the molecule is CC(C)(C)[C@H](c1ccccn1)N1CCNCC1. The monoisotopic (exact) mass is 233 g/mol. The summed E-state index contributed by atoms with van der Waals surface area (Å²) in [6.45, 7) is 11.3. The second-order valence-corrected chi connectivity index (χ2v) is 5.81. The van der Waals surface area contributed by atoms with Gasteiger partial charge in [-0.25, -0.2) is 0 Å². The first kappa shape index (κ1) is 12.5. The minimum Gasteiger partial charge on any atom is -0.314 e. The van der Waals surface area contributed by atoms with Crippen LogP contribution in [-0.4, -0.2) is 36.1 Å². The van der Waals surface area contributed by atoms with Crippen molar-refractivity contribution in [3.63, 3.8) is 0 Å². The van der Waals surface area contributed by atoms with Crippen molar-refractivity contribution in [1.82, 2.24) is 15.2 Å². The van der Waals surface area contributed by atoms with Gasteiger partial charge in [-0.2, -0.15) is 0 Å². The van der Waals surface area contributed by atoms with Crippen molar-refractivity contribution in [2.75, 3.05) is 26.2 Å². The van der Waals surface area contributed by atoms with Crippen molar-refractivity contribution in [2.45, 2.75) is 26.8 Å². The van der Waals surface area contributed by atoms with E-state index in [-0.39, 0.29) is 5.41 Å². The molecule has 0 spiro atoms. The van der Waals surface area contributed by atoms with Gasteiger partial charge < -0.3 is 5.32 Å². The molecule has 1 aliphatic rings. The zero-order valence-corrected chi connectivity index (χ0v) is 11.1. The number of hydrogen-bond acceptors (Lipinski definition) is 3. The lowest BCUT2D eigenvalue weighted by molar-refractivity contribution is 0.0831. The third kappa shape index (κ3) is 3.05. The van der Waals surface area contributed by atoms with Crippen LogP contribution in [-0.2, 0) is 0 Å². The Morgan fingerprint density at radius 2 is 1.94 bits per heavy atom. The van der Waals surface area contributed by atoms with Crippen LogP contribution in [0.1, 0.15) is 32.5 Å². The number of piperazine rings is 1. The molecule has 0 saturated carbocycles. The molecule has 2 heterocycles. The van der Waals surface area contributed by atoms with Crippen molar-refractivity contribution in [2.24, 2.45) is 5.41 Å². The minimum absolute atomic E-state index is 0.214. The average molecular weight is 233 g/mol. The lowest BCUT2D eigenvalue weighted by atomic mass is 9.83. The molecule has 94 valence electrons. The fraction of sp³-hybridized carbons (Fsp3) is 0.643. The van der Waals surface area contributed by atoms with Crippen LogP contribution in [0.4, 0.5) is 0 Å². The third-order valence-corrected chi connectivity index (χ3v) is 3.30. The van der Waals surface area contributed by atoms with Gasteiger partial charge in [-0.05, 0) is 17.5 Å². The van der Waals surface area contributed by atoms with E-state index in [0.29, 0.717) is 6.04 Å². The zero-order valence-electron chi connectivity index (χ0n) is 11.1. The van der Waals surface area contributed by atoms with Gasteiger partial charge >= 0.3 is 0 Å². The lowest BCUT2D eigenvalue weighted by Gasteiger charge is -2.41. The van der Waals surface area contributed by atoms with E-state index in [1.807, 2.05) is 12.3 Å². The van der Waals surface area contributed by atoms with Crippen molar-refractivity contribution in [3.8, 4) is 0 Å². The van der Waals surface area contributed by atoms with Crippen molar-refractivity contribution in [3.05, 3.63) is 30.1 Å². The average Bonchev–Trinajstić information content (AvgIpc) is 2.30. The molecule has 0 radical (unpaired) electrons. The quantitative estimate of drug-likeness (QED) is 0.847. The number of rotatable bonds is 2. The summed E-state index contributed by atoms with van der Waals surface area (Å²) in [7, 11) is 0. The van der Waals surface area contributed by atoms with Crippen LogP contribution in [0.3, 0.4) is 0 Å². The number of nitrogens with zero attached hydrogens (tertiary/aromatic N) is 2. The first-order valence-electron chi connectivity index (χ1n) is 6.45. The topological polar surface area (TPSA) is 28.2 Å². The summed E-state index contributed by atoms with van der Waals surface area (Å²) < 4.78 is 0. The van der Waals surface area contributed by atoms with E-state index in [1.165, 1.54) is 5.69 Å². The van der Waals surface area contributed by atoms with E-state index in [9.17, 15) is 0 Å². The Balaban J connectivity index is 2.25. The van der Waals surface area contributed by atoms with Crippen LogP contribution in [0.2, 0.25) is 0 Å². The molecule has 1 N–H and O–H groups in total. The molecular weight excluding hydrogens is 210 g/mol. The normalized spacial score (nSPS) is 20.2. The van der Waals surface area contributed by atoms with Gasteiger partial charge in [0.05, 0.1) is 11.7 Å². The van der Waals surface area contributed by atoms with Crippen molar-refractivity contribution < 1.29 is 0 Å². The van der Waals surface area contributed by atoms with Crippen LogP contribution in [0.25, 0.3) is 0 Å². The predicted molar refractivity (Wildman–Crippen MR) is 70.9 cm³/mol. The maximum Gasteiger partial charge on any atom is 0.0580 e. The maximum atomic E-state index is 4.56. The Kier molecular flexibility index (Phi) is 3.79. The summed E-state index contributed by atoms with van der Waals surface area (Å²) in [5.74, 6) is 0. The summed E-state index contributed by atoms with van der Waals surface area (Å²) in [6, 6.07) is 6.63. The molecule has 3 nitrogen and oxygen atoms in total. The Morgan fingerprint density at radius 3 is 2.47 bits per heavy atom. The Bertz CT molecular complexity index is 336. The van der Waals surface area contributed by atoms with Crippen LogP contribution in [0, 0.1) is 5.41 Å². The predicted octanol–water partition coefficient (Wildman–Crippen LogP) is 2.07. The molecule has 2 rings (SSSR count). The number of pyridine rings is 1. The second kappa shape index (κ2) is 5.15. The second-order valence-electron chi connectivity index (χ2n) is 5.81. The van der Waals surface area contributed by atoms with Crippen LogP contribution in [0.5, 0.6) is 0 Å². The van der Waals surface area contributed by atoms with Gasteiger partial charge in [0.25, 0.3) is 0 Å². The molecule has 0 aromatic carbocycles. The van der Waals surface area contributed by atoms with E-state index in [0.717, 1.165) is 26.2 Å². The Hall–Kier alpha value is -0.930. The smallest absolute Gasteiger partial charge is 0.0580 e. The molecule has 17 heavy (non-hydrogen) atoms. The summed E-state index contributed by atoms with van der Waals surface area (Å²) in [5.41, 5.74) is 1.41. The molecule has 3 heteroatoms. The fourth-order valence-corrected chi connectivity index (χ4v) is 2.66. The van der Waals surface area contributed by atoms with E-state index < -0.39 is 0 Å². The molecule has 1 aromatic rings. The highest BCUT2D eigenvalue weighted by atomic mass is 15.2. The molecule has 1 saturated heterocycles. The largest absolute Gasteiger partial charge is 0.314 e. The van der Waals surface area contributed by atoms with Crippen LogP contribution >= 0.6 is 0 Å². The molecule has 1 aliphatic heterocycles. The van der Waals surface area contributed by atoms with E-state index in [4.69, 9.17) is 0 Å². The molecule has 0 amide bonds. The van der Waals surface area contributed by atoms with E-state index >= 15 is 0 Å². The fourth-order valence-electron chi connectivity index (χ4n) is 2.66. The molecule has 0 unspecified atom stereocenters. The summed E-state index contributed by atoms with van der Waals surface area (Å²) in [6.07, 6.45) is 1.90. The third-order valence-electron chi connectivity index (χ3n) is 3.30. The first-order chi connectivity index (χ1) is 8.09. The van der Waals surface area contributed by atoms with Gasteiger partial charge in [-0.1, -0.05) is 26.8 Å². The van der Waals surface area contributed by atoms with Gasteiger partial charge in [0.15, 0.2) is 0 Å². The van der Waals surface area contributed by atoms with Crippen molar-refractivity contribution in [1.29, 1.82) is 0 Å². The Morgan fingerprint density at radius 1 is 1.24 bits per heavy atom. The van der Waals surface area contributed by atoms with Crippen LogP contribution in [0.15, 0.2) is 24.4 Å². The summed E-state index contributed by atoms with van der Waals surface area (Å²) in [4.78, 5) is 7.11. The summed E-state index contributed by atoms with van der Waals surface area (Å²) >= 11 is 0. The molecule has 0 aliphatic carbocycles. The van der Waals surface area contributed by atoms with Gasteiger partial charge in [0.1, 0.15) is 0 Å². The van der Waals surface area contributed by atoms with E-state index in [1.54, 1.807) is 0 Å². The van der Waals surface area contributed by atoms with E-state index in [2.05, 4.69) is 48.1 Å². The molecule has 1 fully saturated rings. The number of nitrogens with one attached hydrogen (secondary N) is 1. The van der Waals surface area contributed by atoms with Crippen LogP contribution < -0.4 is 5.32 Å². The number of hydrogen-bond donors (Lipinski definition) is 1.